The van der Waals surface area contributed by atoms with Gasteiger partial charge in [0.2, 0.25) is 5.95 Å². The number of nitrogens with zero attached hydrogens (tertiary/aromatic N) is 3. The molecule has 0 bridgehead atoms. The molecule has 3 aromatic rings. The van der Waals surface area contributed by atoms with Crippen LogP contribution in [0.3, 0.4) is 0 Å². The number of allylic oxidation sites excluding steroid dienone is 1. The number of aromatic nitrogens is 3. The minimum Gasteiger partial charge on any atom is -0.328 e. The molecule has 27 heavy (non-hydrogen) atoms. The highest BCUT2D eigenvalue weighted by molar-refractivity contribution is 6.31. The molecule has 1 amide bonds. The highest BCUT2D eigenvalue weighted by atomic mass is 35.5. The Balaban J connectivity index is 1.77. The Morgan fingerprint density at radius 2 is 1.96 bits per heavy atom. The number of carbonyl (C=O) groups is 1. The van der Waals surface area contributed by atoms with E-state index in [1.165, 1.54) is 6.33 Å². The molecule has 7 heteroatoms. The second kappa shape index (κ2) is 6.89. The maximum absolute atomic E-state index is 13.2. The molecule has 1 aliphatic rings. The van der Waals surface area contributed by atoms with Gasteiger partial charge in [-0.3, -0.25) is 4.79 Å². The Hall–Kier alpha value is -3.12. The van der Waals surface area contributed by atoms with Gasteiger partial charge in [-0.25, -0.2) is 4.68 Å². The fourth-order valence-corrected chi connectivity index (χ4v) is 3.42. The predicted octanol–water partition coefficient (Wildman–Crippen LogP) is 4.17. The zero-order valence-electron chi connectivity index (χ0n) is 14.9. The topological polar surface area (TPSA) is 71.8 Å². The smallest absolute Gasteiger partial charge is 0.255 e. The first-order chi connectivity index (χ1) is 13.0. The molecular weight excluding hydrogens is 362 g/mol. The van der Waals surface area contributed by atoms with Crippen LogP contribution in [-0.4, -0.2) is 20.7 Å². The molecule has 0 unspecified atom stereocenters. The lowest BCUT2D eigenvalue weighted by molar-refractivity contribution is -0.113. The second-order valence-electron chi connectivity index (χ2n) is 6.42. The SMILES string of the molecule is CC1=C(C(=O)Nc2cc(Cl)ccc2C)[C@H](c2ccccc2)n2ncnc2N1. The number of anilines is 2. The Morgan fingerprint density at radius 1 is 1.19 bits per heavy atom. The van der Waals surface area contributed by atoms with E-state index >= 15 is 0 Å². The number of fused-ring (bicyclic) bond motifs is 1. The van der Waals surface area contributed by atoms with Gasteiger partial charge in [0, 0.05) is 16.4 Å². The zero-order chi connectivity index (χ0) is 19.0. The van der Waals surface area contributed by atoms with Crippen LogP contribution in [-0.2, 0) is 4.79 Å². The molecule has 6 nitrogen and oxygen atoms in total. The van der Waals surface area contributed by atoms with E-state index in [9.17, 15) is 4.79 Å². The molecule has 0 saturated heterocycles. The van der Waals surface area contributed by atoms with Gasteiger partial charge in [-0.2, -0.15) is 10.1 Å². The van der Waals surface area contributed by atoms with Gasteiger partial charge >= 0.3 is 0 Å². The van der Waals surface area contributed by atoms with E-state index in [0.717, 1.165) is 16.8 Å². The summed E-state index contributed by atoms with van der Waals surface area (Å²) in [4.78, 5) is 17.5. The fraction of sp³-hybridized carbons (Fsp3) is 0.150. The molecule has 0 aliphatic carbocycles. The van der Waals surface area contributed by atoms with Crippen molar-refractivity contribution in [3.8, 4) is 0 Å². The summed E-state index contributed by atoms with van der Waals surface area (Å²) in [5, 5.41) is 11.1. The quantitative estimate of drug-likeness (QED) is 0.716. The maximum Gasteiger partial charge on any atom is 0.255 e. The Morgan fingerprint density at radius 3 is 2.74 bits per heavy atom. The lowest BCUT2D eigenvalue weighted by Crippen LogP contribution is -2.31. The first-order valence-electron chi connectivity index (χ1n) is 8.54. The van der Waals surface area contributed by atoms with Crippen LogP contribution in [0.2, 0.25) is 5.02 Å². The normalized spacial score (nSPS) is 15.9. The first-order valence-corrected chi connectivity index (χ1v) is 8.92. The van der Waals surface area contributed by atoms with Crippen LogP contribution in [0.4, 0.5) is 11.6 Å². The predicted molar refractivity (Wildman–Crippen MR) is 106 cm³/mol. The molecule has 2 aromatic carbocycles. The zero-order valence-corrected chi connectivity index (χ0v) is 15.7. The number of benzene rings is 2. The summed E-state index contributed by atoms with van der Waals surface area (Å²) in [5.74, 6) is 0.400. The van der Waals surface area contributed by atoms with Gasteiger partial charge in [0.05, 0.1) is 5.57 Å². The van der Waals surface area contributed by atoms with E-state index in [1.54, 1.807) is 16.8 Å². The number of amides is 1. The molecule has 2 heterocycles. The molecule has 136 valence electrons. The van der Waals surface area contributed by atoms with Crippen molar-refractivity contribution in [3.63, 3.8) is 0 Å². The average molecular weight is 380 g/mol. The van der Waals surface area contributed by atoms with Gasteiger partial charge < -0.3 is 10.6 Å². The van der Waals surface area contributed by atoms with Crippen LogP contribution in [0.5, 0.6) is 0 Å². The Labute approximate surface area is 161 Å². The summed E-state index contributed by atoms with van der Waals surface area (Å²) < 4.78 is 1.72. The molecule has 1 atom stereocenters. The summed E-state index contributed by atoms with van der Waals surface area (Å²) in [5.41, 5.74) is 3.90. The number of halogens is 1. The van der Waals surface area contributed by atoms with Crippen molar-refractivity contribution >= 4 is 29.1 Å². The molecular formula is C20H18ClN5O. The summed E-state index contributed by atoms with van der Waals surface area (Å²) >= 11 is 6.09. The molecule has 0 fully saturated rings. The van der Waals surface area contributed by atoms with E-state index in [1.807, 2.05) is 50.2 Å². The molecule has 2 N–H and O–H groups in total. The highest BCUT2D eigenvalue weighted by Crippen LogP contribution is 2.35. The number of nitrogens with one attached hydrogen (secondary N) is 2. The number of aryl methyl sites for hydroxylation is 1. The summed E-state index contributed by atoms with van der Waals surface area (Å²) in [6.45, 7) is 3.80. The second-order valence-corrected chi connectivity index (χ2v) is 6.85. The van der Waals surface area contributed by atoms with Gasteiger partial charge in [-0.15, -0.1) is 0 Å². The van der Waals surface area contributed by atoms with E-state index in [-0.39, 0.29) is 11.9 Å². The van der Waals surface area contributed by atoms with Crippen LogP contribution in [0.1, 0.15) is 24.1 Å². The fourth-order valence-electron chi connectivity index (χ4n) is 3.25. The average Bonchev–Trinajstić information content (AvgIpc) is 3.12. The summed E-state index contributed by atoms with van der Waals surface area (Å²) in [6, 6.07) is 14.8. The standard InChI is InChI=1S/C20H18ClN5O/c1-12-8-9-15(21)10-16(12)25-19(27)17-13(2)24-20-22-11-23-26(20)18(17)14-6-4-3-5-7-14/h3-11,18H,1-2H3,(H,25,27)(H,22,23,24)/t18-/m0/s1. The lowest BCUT2D eigenvalue weighted by Gasteiger charge is -2.28. The van der Waals surface area contributed by atoms with Crippen molar-refractivity contribution in [2.75, 3.05) is 10.6 Å². The third kappa shape index (κ3) is 3.19. The minimum absolute atomic E-state index is 0.208. The number of hydrogen-bond donors (Lipinski definition) is 2. The van der Waals surface area contributed by atoms with Crippen molar-refractivity contribution in [2.45, 2.75) is 19.9 Å². The van der Waals surface area contributed by atoms with Gasteiger partial charge in [0.25, 0.3) is 5.91 Å². The summed E-state index contributed by atoms with van der Waals surface area (Å²) in [6.07, 6.45) is 1.48. The molecule has 1 aromatic heterocycles. The van der Waals surface area contributed by atoms with Crippen molar-refractivity contribution in [1.82, 2.24) is 14.8 Å². The van der Waals surface area contributed by atoms with Crippen molar-refractivity contribution in [1.29, 1.82) is 0 Å². The van der Waals surface area contributed by atoms with Crippen molar-refractivity contribution in [2.24, 2.45) is 0 Å². The molecule has 1 aliphatic heterocycles. The van der Waals surface area contributed by atoms with Crippen LogP contribution >= 0.6 is 11.6 Å². The third-order valence-electron chi connectivity index (χ3n) is 4.60. The third-order valence-corrected chi connectivity index (χ3v) is 4.84. The minimum atomic E-state index is -0.371. The molecule has 0 spiro atoms. The lowest BCUT2D eigenvalue weighted by atomic mass is 9.95. The van der Waals surface area contributed by atoms with Crippen LogP contribution in [0.25, 0.3) is 0 Å². The van der Waals surface area contributed by atoms with E-state index < -0.39 is 0 Å². The van der Waals surface area contributed by atoms with Crippen LogP contribution < -0.4 is 10.6 Å². The van der Waals surface area contributed by atoms with E-state index in [2.05, 4.69) is 20.7 Å². The van der Waals surface area contributed by atoms with Crippen LogP contribution in [0, 0.1) is 6.92 Å². The Bertz CT molecular complexity index is 1040. The van der Waals surface area contributed by atoms with E-state index in [4.69, 9.17) is 11.6 Å². The van der Waals surface area contributed by atoms with Crippen molar-refractivity contribution in [3.05, 3.63) is 82.3 Å². The molecule has 4 rings (SSSR count). The highest BCUT2D eigenvalue weighted by Gasteiger charge is 2.33. The van der Waals surface area contributed by atoms with E-state index in [0.29, 0.717) is 22.2 Å². The van der Waals surface area contributed by atoms with Gasteiger partial charge in [-0.1, -0.05) is 48.0 Å². The van der Waals surface area contributed by atoms with Crippen molar-refractivity contribution < 1.29 is 4.79 Å². The molecule has 0 saturated carbocycles. The maximum atomic E-state index is 13.2. The molecule has 0 radical (unpaired) electrons. The monoisotopic (exact) mass is 379 g/mol. The van der Waals surface area contributed by atoms with Gasteiger partial charge in [0.15, 0.2) is 0 Å². The number of hydrogen-bond acceptors (Lipinski definition) is 4. The van der Waals surface area contributed by atoms with Gasteiger partial charge in [0.1, 0.15) is 12.4 Å². The van der Waals surface area contributed by atoms with Gasteiger partial charge in [-0.05, 0) is 37.1 Å². The number of carbonyl (C=O) groups excluding carboxylic acids is 1. The first kappa shape index (κ1) is 17.3. The Kier molecular flexibility index (Phi) is 4.41. The summed E-state index contributed by atoms with van der Waals surface area (Å²) in [7, 11) is 0. The largest absolute Gasteiger partial charge is 0.328 e. The van der Waals surface area contributed by atoms with Crippen LogP contribution in [0.15, 0.2) is 66.1 Å². The number of rotatable bonds is 3.